The van der Waals surface area contributed by atoms with Crippen LogP contribution < -0.4 is 5.32 Å². The number of likely N-dealkylation sites (N-methyl/N-ethyl adjacent to an activating group) is 1. The molecule has 0 aliphatic carbocycles. The van der Waals surface area contributed by atoms with E-state index in [1.807, 2.05) is 37.8 Å². The fourth-order valence-electron chi connectivity index (χ4n) is 3.76. The van der Waals surface area contributed by atoms with E-state index >= 15 is 0 Å². The Labute approximate surface area is 217 Å². The standard InChI is InChI=1S/C26H33Cl2FN4O2/c1-6-8-20(27)11-9-18(3)16-33-23(15-19-10-12-21(28)22(29)14-19)30-25(32(5)17-34)24(33)26(35)31(4)13-7-2/h6,8-12,14,17,23,30H,7,13,15-16H2,1-5H3/b8-6-,18-9+,20-11+. The molecule has 35 heavy (non-hydrogen) atoms. The maximum atomic E-state index is 14.1. The van der Waals surface area contributed by atoms with Gasteiger partial charge in [0, 0.05) is 38.6 Å². The van der Waals surface area contributed by atoms with Gasteiger partial charge in [-0.2, -0.15) is 0 Å². The molecule has 1 atom stereocenters. The fourth-order valence-corrected chi connectivity index (χ4v) is 4.06. The number of halogens is 3. The number of allylic oxidation sites excluding steroid dienone is 5. The number of hydrogen-bond donors (Lipinski definition) is 1. The lowest BCUT2D eigenvalue weighted by Crippen LogP contribution is -2.43. The van der Waals surface area contributed by atoms with Crippen molar-refractivity contribution in [3.05, 3.63) is 81.0 Å². The van der Waals surface area contributed by atoms with E-state index in [1.165, 1.54) is 17.0 Å². The number of carbonyl (C=O) groups is 2. The summed E-state index contributed by atoms with van der Waals surface area (Å²) in [5, 5.41) is 3.94. The van der Waals surface area contributed by atoms with Crippen molar-refractivity contribution in [1.82, 2.24) is 20.0 Å². The fraction of sp³-hybridized carbons (Fsp3) is 0.385. The number of hydrogen-bond acceptors (Lipinski definition) is 4. The van der Waals surface area contributed by atoms with Crippen LogP contribution in [0, 0.1) is 5.82 Å². The zero-order chi connectivity index (χ0) is 26.1. The van der Waals surface area contributed by atoms with Gasteiger partial charge in [-0.15, -0.1) is 0 Å². The predicted octanol–water partition coefficient (Wildman–Crippen LogP) is 5.02. The van der Waals surface area contributed by atoms with E-state index in [2.05, 4.69) is 5.32 Å². The second-order valence-corrected chi connectivity index (χ2v) is 9.29. The van der Waals surface area contributed by atoms with Crippen LogP contribution in [0.5, 0.6) is 0 Å². The van der Waals surface area contributed by atoms with E-state index in [0.29, 0.717) is 48.0 Å². The Morgan fingerprint density at radius 1 is 1.29 bits per heavy atom. The van der Waals surface area contributed by atoms with Crippen LogP contribution in [0.15, 0.2) is 64.6 Å². The van der Waals surface area contributed by atoms with E-state index in [1.54, 1.807) is 37.2 Å². The van der Waals surface area contributed by atoms with Crippen LogP contribution in [0.25, 0.3) is 0 Å². The summed E-state index contributed by atoms with van der Waals surface area (Å²) in [7, 11) is 3.33. The number of carbonyl (C=O) groups excluding carboxylic acids is 2. The van der Waals surface area contributed by atoms with Crippen LogP contribution in [0.1, 0.15) is 32.8 Å². The molecule has 0 fully saturated rings. The Morgan fingerprint density at radius 3 is 2.60 bits per heavy atom. The molecule has 0 spiro atoms. The first-order chi connectivity index (χ1) is 16.6. The lowest BCUT2D eigenvalue weighted by Gasteiger charge is -2.30. The molecular formula is C26H33Cl2FN4O2. The smallest absolute Gasteiger partial charge is 0.273 e. The molecule has 1 aliphatic rings. The van der Waals surface area contributed by atoms with Crippen LogP contribution in [-0.4, -0.2) is 60.4 Å². The highest BCUT2D eigenvalue weighted by Gasteiger charge is 2.38. The van der Waals surface area contributed by atoms with Crippen molar-refractivity contribution < 1.29 is 14.0 Å². The van der Waals surface area contributed by atoms with Crippen molar-refractivity contribution in [3.63, 3.8) is 0 Å². The molecule has 0 bridgehead atoms. The number of nitrogens with zero attached hydrogens (tertiary/aromatic N) is 3. The van der Waals surface area contributed by atoms with Gasteiger partial charge in [0.2, 0.25) is 6.41 Å². The lowest BCUT2D eigenvalue weighted by atomic mass is 10.1. The Kier molecular flexibility index (Phi) is 10.9. The summed E-state index contributed by atoms with van der Waals surface area (Å²) in [4.78, 5) is 30.1. The van der Waals surface area contributed by atoms with E-state index < -0.39 is 12.0 Å². The van der Waals surface area contributed by atoms with Gasteiger partial charge in [-0.05, 0) is 50.1 Å². The second kappa shape index (κ2) is 13.4. The molecule has 6 nitrogen and oxygen atoms in total. The molecule has 1 aromatic rings. The summed E-state index contributed by atoms with van der Waals surface area (Å²) in [6.45, 7) is 6.77. The van der Waals surface area contributed by atoms with Crippen molar-refractivity contribution in [1.29, 1.82) is 0 Å². The van der Waals surface area contributed by atoms with Gasteiger partial charge in [-0.3, -0.25) is 9.59 Å². The molecule has 1 aliphatic heterocycles. The van der Waals surface area contributed by atoms with Crippen LogP contribution in [0.2, 0.25) is 5.02 Å². The van der Waals surface area contributed by atoms with Crippen LogP contribution in [0.4, 0.5) is 4.39 Å². The van der Waals surface area contributed by atoms with Crippen molar-refractivity contribution in [3.8, 4) is 0 Å². The Bertz CT molecular complexity index is 1050. The number of rotatable bonds is 11. The third-order valence-corrected chi connectivity index (χ3v) is 6.05. The van der Waals surface area contributed by atoms with Gasteiger partial charge in [0.25, 0.3) is 5.91 Å². The number of benzene rings is 1. The first kappa shape index (κ1) is 28.5. The molecule has 1 N–H and O–H groups in total. The maximum Gasteiger partial charge on any atom is 0.273 e. The van der Waals surface area contributed by atoms with Crippen molar-refractivity contribution >= 4 is 35.5 Å². The lowest BCUT2D eigenvalue weighted by molar-refractivity contribution is -0.127. The van der Waals surface area contributed by atoms with Crippen molar-refractivity contribution in [2.45, 2.75) is 39.8 Å². The monoisotopic (exact) mass is 522 g/mol. The average molecular weight is 523 g/mol. The van der Waals surface area contributed by atoms with Crippen LogP contribution in [-0.2, 0) is 16.0 Å². The zero-order valence-electron chi connectivity index (χ0n) is 20.8. The average Bonchev–Trinajstić information content (AvgIpc) is 3.16. The van der Waals surface area contributed by atoms with E-state index in [-0.39, 0.29) is 10.9 Å². The Hall–Kier alpha value is -2.77. The summed E-state index contributed by atoms with van der Waals surface area (Å²) in [6.07, 6.45) is 8.73. The highest BCUT2D eigenvalue weighted by atomic mass is 35.5. The molecule has 190 valence electrons. The van der Waals surface area contributed by atoms with E-state index in [0.717, 1.165) is 12.0 Å². The van der Waals surface area contributed by atoms with Gasteiger partial charge < -0.3 is 20.0 Å². The normalized spacial score (nSPS) is 16.7. The molecule has 2 rings (SSSR count). The molecule has 9 heteroatoms. The Morgan fingerprint density at radius 2 is 2.00 bits per heavy atom. The quantitative estimate of drug-likeness (QED) is 0.327. The molecule has 0 saturated carbocycles. The molecule has 1 aromatic carbocycles. The topological polar surface area (TPSA) is 55.9 Å². The maximum absolute atomic E-state index is 14.1. The molecule has 0 radical (unpaired) electrons. The largest absolute Gasteiger partial charge is 0.349 e. The van der Waals surface area contributed by atoms with Gasteiger partial charge >= 0.3 is 0 Å². The van der Waals surface area contributed by atoms with Gasteiger partial charge in [0.05, 0.1) is 5.02 Å². The number of amides is 2. The summed E-state index contributed by atoms with van der Waals surface area (Å²) >= 11 is 12.0. The van der Waals surface area contributed by atoms with Crippen LogP contribution in [0.3, 0.4) is 0 Å². The first-order valence-corrected chi connectivity index (χ1v) is 12.2. The van der Waals surface area contributed by atoms with Gasteiger partial charge in [0.15, 0.2) is 0 Å². The van der Waals surface area contributed by atoms with Crippen LogP contribution >= 0.6 is 23.2 Å². The van der Waals surface area contributed by atoms with Crippen molar-refractivity contribution in [2.24, 2.45) is 0 Å². The zero-order valence-corrected chi connectivity index (χ0v) is 22.3. The summed E-state index contributed by atoms with van der Waals surface area (Å²) in [6, 6.07) is 4.65. The second-order valence-electron chi connectivity index (χ2n) is 8.45. The van der Waals surface area contributed by atoms with Gasteiger partial charge in [-0.25, -0.2) is 4.39 Å². The molecule has 2 amide bonds. The van der Waals surface area contributed by atoms with Gasteiger partial charge in [0.1, 0.15) is 23.5 Å². The highest BCUT2D eigenvalue weighted by molar-refractivity contribution is 6.31. The summed E-state index contributed by atoms with van der Waals surface area (Å²) in [5.41, 5.74) is 2.03. The van der Waals surface area contributed by atoms with Gasteiger partial charge in [-0.1, -0.05) is 53.9 Å². The SMILES string of the molecule is C\C=C/C(Cl)=C\C=C(/C)CN1C(C(=O)N(C)CCC)=C(N(C)C=O)NC1Cc1ccc(Cl)c(F)c1. The molecule has 0 saturated heterocycles. The van der Waals surface area contributed by atoms with Crippen molar-refractivity contribution in [2.75, 3.05) is 27.2 Å². The molecular weight excluding hydrogens is 490 g/mol. The summed E-state index contributed by atoms with van der Waals surface area (Å²) < 4.78 is 14.1. The minimum atomic E-state index is -0.509. The van der Waals surface area contributed by atoms with E-state index in [9.17, 15) is 14.0 Å². The predicted molar refractivity (Wildman–Crippen MR) is 140 cm³/mol. The highest BCUT2D eigenvalue weighted by Crippen LogP contribution is 2.28. The Balaban J connectivity index is 2.51. The first-order valence-electron chi connectivity index (χ1n) is 11.4. The molecule has 0 aromatic heterocycles. The summed E-state index contributed by atoms with van der Waals surface area (Å²) in [5.74, 6) is -0.309. The minimum Gasteiger partial charge on any atom is -0.349 e. The minimum absolute atomic E-state index is 0.0464. The molecule has 1 heterocycles. The van der Waals surface area contributed by atoms with E-state index in [4.69, 9.17) is 23.2 Å². The number of nitrogens with one attached hydrogen (secondary N) is 1. The third kappa shape index (κ3) is 7.61. The molecule has 1 unspecified atom stereocenters. The third-order valence-electron chi connectivity index (χ3n) is 5.50.